The predicted molar refractivity (Wildman–Crippen MR) is 92.4 cm³/mol. The first-order chi connectivity index (χ1) is 11.5. The molecule has 0 aliphatic carbocycles. The van der Waals surface area contributed by atoms with Crippen LogP contribution < -0.4 is 5.32 Å². The van der Waals surface area contributed by atoms with Crippen LogP contribution in [0.2, 0.25) is 0 Å². The van der Waals surface area contributed by atoms with Gasteiger partial charge < -0.3 is 10.2 Å². The van der Waals surface area contributed by atoms with Crippen LogP contribution in [0.1, 0.15) is 36.5 Å². The van der Waals surface area contributed by atoms with E-state index in [1.165, 1.54) is 0 Å². The Kier molecular flexibility index (Phi) is 5.22. The number of carbonyl (C=O) groups is 1. The van der Waals surface area contributed by atoms with Crippen molar-refractivity contribution in [3.05, 3.63) is 29.8 Å². The molecule has 2 fully saturated rings. The van der Waals surface area contributed by atoms with Gasteiger partial charge in [0.1, 0.15) is 0 Å². The van der Waals surface area contributed by atoms with Crippen molar-refractivity contribution in [2.24, 2.45) is 0 Å². The Morgan fingerprint density at radius 1 is 1.08 bits per heavy atom. The number of nitrogens with one attached hydrogen (secondary N) is 1. The van der Waals surface area contributed by atoms with Gasteiger partial charge in [-0.2, -0.15) is 4.31 Å². The van der Waals surface area contributed by atoms with Gasteiger partial charge in [0.15, 0.2) is 0 Å². The van der Waals surface area contributed by atoms with E-state index >= 15 is 0 Å². The number of piperidine rings is 1. The van der Waals surface area contributed by atoms with Crippen LogP contribution in [0.3, 0.4) is 0 Å². The van der Waals surface area contributed by atoms with Gasteiger partial charge in [-0.15, -0.1) is 0 Å². The summed E-state index contributed by atoms with van der Waals surface area (Å²) in [5.41, 5.74) is 0.544. The van der Waals surface area contributed by atoms with Crippen molar-refractivity contribution in [1.82, 2.24) is 14.5 Å². The van der Waals surface area contributed by atoms with Crippen LogP contribution >= 0.6 is 0 Å². The molecule has 0 aromatic heterocycles. The van der Waals surface area contributed by atoms with Crippen molar-refractivity contribution in [1.29, 1.82) is 0 Å². The lowest BCUT2D eigenvalue weighted by molar-refractivity contribution is 0.0735. The first kappa shape index (κ1) is 17.4. The number of benzene rings is 1. The predicted octanol–water partition coefficient (Wildman–Crippen LogP) is 1.30. The minimum absolute atomic E-state index is 0.0332. The van der Waals surface area contributed by atoms with Gasteiger partial charge in [0, 0.05) is 44.3 Å². The second-order valence-corrected chi connectivity index (χ2v) is 8.42. The fourth-order valence-corrected chi connectivity index (χ4v) is 5.08. The summed E-state index contributed by atoms with van der Waals surface area (Å²) in [6.07, 6.45) is 2.88. The molecule has 1 N–H and O–H groups in total. The van der Waals surface area contributed by atoms with Gasteiger partial charge in [-0.05, 0) is 44.0 Å². The second kappa shape index (κ2) is 7.21. The molecule has 2 aliphatic heterocycles. The molecule has 2 heterocycles. The summed E-state index contributed by atoms with van der Waals surface area (Å²) >= 11 is 0. The van der Waals surface area contributed by atoms with Crippen molar-refractivity contribution in [3.8, 4) is 0 Å². The van der Waals surface area contributed by atoms with E-state index in [-0.39, 0.29) is 16.8 Å². The number of sulfonamides is 1. The molecule has 2 aliphatic rings. The zero-order valence-electron chi connectivity index (χ0n) is 14.1. The van der Waals surface area contributed by atoms with Crippen LogP contribution in [0.4, 0.5) is 0 Å². The summed E-state index contributed by atoms with van der Waals surface area (Å²) in [6.45, 7) is 5.49. The molecule has 0 saturated carbocycles. The Hall–Kier alpha value is -1.44. The second-order valence-electron chi connectivity index (χ2n) is 6.53. The number of piperazine rings is 1. The van der Waals surface area contributed by atoms with Crippen LogP contribution in [-0.2, 0) is 10.0 Å². The Labute approximate surface area is 143 Å². The summed E-state index contributed by atoms with van der Waals surface area (Å²) in [5.74, 6) is -0.0354. The number of nitrogens with zero attached hydrogens (tertiary/aromatic N) is 2. The molecule has 1 aromatic carbocycles. The molecule has 0 radical (unpaired) electrons. The van der Waals surface area contributed by atoms with E-state index in [2.05, 4.69) is 5.32 Å². The highest BCUT2D eigenvalue weighted by atomic mass is 32.2. The maximum atomic E-state index is 12.8. The number of hydrogen-bond donors (Lipinski definition) is 1. The molecular formula is C17H25N3O3S. The molecule has 3 rings (SSSR count). The van der Waals surface area contributed by atoms with Crippen LogP contribution in [0, 0.1) is 0 Å². The minimum atomic E-state index is -3.48. The summed E-state index contributed by atoms with van der Waals surface area (Å²) < 4.78 is 27.2. The van der Waals surface area contributed by atoms with Crippen molar-refractivity contribution < 1.29 is 13.2 Å². The van der Waals surface area contributed by atoms with Crippen molar-refractivity contribution in [3.63, 3.8) is 0 Å². The highest BCUT2D eigenvalue weighted by molar-refractivity contribution is 7.89. The number of amides is 1. The zero-order valence-corrected chi connectivity index (χ0v) is 14.9. The lowest BCUT2D eigenvalue weighted by Gasteiger charge is -2.32. The third kappa shape index (κ3) is 3.48. The maximum Gasteiger partial charge on any atom is 0.253 e. The molecule has 0 bridgehead atoms. The third-order valence-corrected chi connectivity index (χ3v) is 6.88. The Balaban J connectivity index is 1.77. The Bertz CT molecular complexity index is 682. The molecule has 1 amide bonds. The van der Waals surface area contributed by atoms with E-state index in [9.17, 15) is 13.2 Å². The van der Waals surface area contributed by atoms with Crippen LogP contribution in [-0.4, -0.2) is 62.3 Å². The van der Waals surface area contributed by atoms with Crippen molar-refractivity contribution >= 4 is 15.9 Å². The van der Waals surface area contributed by atoms with Crippen LogP contribution in [0.5, 0.6) is 0 Å². The van der Waals surface area contributed by atoms with Crippen molar-refractivity contribution in [2.75, 3.05) is 32.7 Å². The number of carbonyl (C=O) groups excluding carboxylic acids is 1. The van der Waals surface area contributed by atoms with Gasteiger partial charge in [0.05, 0.1) is 4.90 Å². The van der Waals surface area contributed by atoms with E-state index in [0.717, 1.165) is 32.4 Å². The van der Waals surface area contributed by atoms with Gasteiger partial charge in [0.2, 0.25) is 10.0 Å². The highest BCUT2D eigenvalue weighted by Crippen LogP contribution is 2.25. The molecule has 2 saturated heterocycles. The smallest absolute Gasteiger partial charge is 0.253 e. The summed E-state index contributed by atoms with van der Waals surface area (Å²) in [5, 5.41) is 3.21. The van der Waals surface area contributed by atoms with Crippen molar-refractivity contribution in [2.45, 2.75) is 37.1 Å². The molecule has 0 spiro atoms. The lowest BCUT2D eigenvalue weighted by Crippen LogP contribution is -2.46. The van der Waals surface area contributed by atoms with Gasteiger partial charge in [-0.25, -0.2) is 8.42 Å². The monoisotopic (exact) mass is 351 g/mol. The SMILES string of the molecule is CC1CCCCN1S(=O)(=O)c1ccc(C(=O)N2CCNCC2)cc1. The number of rotatable bonds is 3. The largest absolute Gasteiger partial charge is 0.336 e. The average molecular weight is 351 g/mol. The molecule has 1 unspecified atom stereocenters. The minimum Gasteiger partial charge on any atom is -0.336 e. The molecule has 6 nitrogen and oxygen atoms in total. The fraction of sp³-hybridized carbons (Fsp3) is 0.588. The summed E-state index contributed by atoms with van der Waals surface area (Å²) in [6, 6.07) is 6.42. The van der Waals surface area contributed by atoms with E-state index < -0.39 is 10.0 Å². The van der Waals surface area contributed by atoms with Gasteiger partial charge in [-0.1, -0.05) is 6.42 Å². The van der Waals surface area contributed by atoms with Gasteiger partial charge in [-0.3, -0.25) is 4.79 Å². The number of hydrogen-bond acceptors (Lipinski definition) is 4. The normalized spacial score (nSPS) is 23.2. The van der Waals surface area contributed by atoms with E-state index in [4.69, 9.17) is 0 Å². The Morgan fingerprint density at radius 3 is 2.38 bits per heavy atom. The van der Waals surface area contributed by atoms with Crippen LogP contribution in [0.15, 0.2) is 29.2 Å². The van der Waals surface area contributed by atoms with Crippen LogP contribution in [0.25, 0.3) is 0 Å². The highest BCUT2D eigenvalue weighted by Gasteiger charge is 2.31. The molecule has 7 heteroatoms. The third-order valence-electron chi connectivity index (χ3n) is 4.85. The topological polar surface area (TPSA) is 69.7 Å². The zero-order chi connectivity index (χ0) is 17.2. The first-order valence-corrected chi connectivity index (χ1v) is 10.1. The average Bonchev–Trinajstić information content (AvgIpc) is 2.62. The summed E-state index contributed by atoms with van der Waals surface area (Å²) in [4.78, 5) is 14.5. The lowest BCUT2D eigenvalue weighted by atomic mass is 10.1. The molecular weight excluding hydrogens is 326 g/mol. The maximum absolute atomic E-state index is 12.8. The molecule has 132 valence electrons. The molecule has 24 heavy (non-hydrogen) atoms. The standard InChI is InChI=1S/C17H25N3O3S/c1-14-4-2-3-11-20(14)24(22,23)16-7-5-15(6-8-16)17(21)19-12-9-18-10-13-19/h5-8,14,18H,2-4,9-13H2,1H3. The molecule has 1 aromatic rings. The van der Waals surface area contributed by atoms with Gasteiger partial charge in [0.25, 0.3) is 5.91 Å². The van der Waals surface area contributed by atoms with E-state index in [0.29, 0.717) is 25.2 Å². The molecule has 1 atom stereocenters. The van der Waals surface area contributed by atoms with E-state index in [1.54, 1.807) is 33.5 Å². The van der Waals surface area contributed by atoms with E-state index in [1.807, 2.05) is 6.92 Å². The van der Waals surface area contributed by atoms with Gasteiger partial charge >= 0.3 is 0 Å². The quantitative estimate of drug-likeness (QED) is 0.891. The Morgan fingerprint density at radius 2 is 1.75 bits per heavy atom. The fourth-order valence-electron chi connectivity index (χ4n) is 3.38. The first-order valence-electron chi connectivity index (χ1n) is 8.62. The summed E-state index contributed by atoms with van der Waals surface area (Å²) in [7, 11) is -3.48.